The second kappa shape index (κ2) is 8.76. The van der Waals surface area contributed by atoms with Crippen LogP contribution in [-0.2, 0) is 6.61 Å². The number of carbonyl (C=O) groups is 1. The van der Waals surface area contributed by atoms with Crippen LogP contribution in [0.2, 0.25) is 0 Å². The summed E-state index contributed by atoms with van der Waals surface area (Å²) in [6, 6.07) is 16.4. The first-order chi connectivity index (χ1) is 13.5. The first kappa shape index (κ1) is 19.7. The number of aryl methyl sites for hydroxylation is 1. The zero-order valence-corrected chi connectivity index (χ0v) is 16.4. The Morgan fingerprint density at radius 2 is 2.00 bits per heavy atom. The van der Waals surface area contributed by atoms with Crippen LogP contribution in [-0.4, -0.2) is 17.1 Å². The lowest BCUT2D eigenvalue weighted by Crippen LogP contribution is -2.13. The second-order valence-corrected chi connectivity index (χ2v) is 6.77. The van der Waals surface area contributed by atoms with E-state index in [2.05, 4.69) is 12.2 Å². The van der Waals surface area contributed by atoms with Crippen LogP contribution in [0.4, 0.5) is 5.69 Å². The molecule has 0 saturated carbocycles. The van der Waals surface area contributed by atoms with E-state index in [9.17, 15) is 4.79 Å². The van der Waals surface area contributed by atoms with Gasteiger partial charge in [-0.25, -0.2) is 0 Å². The second-order valence-electron chi connectivity index (χ2n) is 6.77. The van der Waals surface area contributed by atoms with E-state index < -0.39 is 0 Å². The van der Waals surface area contributed by atoms with E-state index in [1.54, 1.807) is 18.2 Å². The smallest absolute Gasteiger partial charge is 0.255 e. The van der Waals surface area contributed by atoms with Crippen molar-refractivity contribution >= 4 is 11.6 Å². The number of amides is 1. The molecular formula is C23H25NO4. The monoisotopic (exact) mass is 379 g/mol. The Kier molecular flexibility index (Phi) is 6.16. The van der Waals surface area contributed by atoms with Crippen LogP contribution < -0.4 is 10.1 Å². The summed E-state index contributed by atoms with van der Waals surface area (Å²) in [5.74, 6) is 1.70. The zero-order valence-electron chi connectivity index (χ0n) is 16.4. The molecule has 28 heavy (non-hydrogen) atoms. The van der Waals surface area contributed by atoms with E-state index in [1.165, 1.54) is 0 Å². The van der Waals surface area contributed by atoms with Crippen LogP contribution in [0.25, 0.3) is 11.3 Å². The van der Waals surface area contributed by atoms with E-state index in [4.69, 9.17) is 14.3 Å². The Bertz CT molecular complexity index is 961. The van der Waals surface area contributed by atoms with Gasteiger partial charge in [0.15, 0.2) is 0 Å². The van der Waals surface area contributed by atoms with Crippen molar-refractivity contribution in [2.24, 2.45) is 0 Å². The third kappa shape index (κ3) is 4.61. The summed E-state index contributed by atoms with van der Waals surface area (Å²) in [6.45, 7) is 5.87. The molecule has 5 heteroatoms. The average Bonchev–Trinajstić information content (AvgIpc) is 3.17. The third-order valence-corrected chi connectivity index (χ3v) is 4.58. The molecule has 1 amide bonds. The van der Waals surface area contributed by atoms with Crippen molar-refractivity contribution in [3.8, 4) is 17.1 Å². The zero-order chi connectivity index (χ0) is 20.1. The first-order valence-corrected chi connectivity index (χ1v) is 9.38. The number of rotatable bonds is 7. The highest BCUT2D eigenvalue weighted by atomic mass is 16.5. The minimum Gasteiger partial charge on any atom is -0.491 e. The van der Waals surface area contributed by atoms with Crippen LogP contribution in [0, 0.1) is 6.92 Å². The number of ether oxygens (including phenoxy) is 1. The molecule has 2 N–H and O–H groups in total. The number of aliphatic hydroxyl groups is 1. The van der Waals surface area contributed by atoms with Gasteiger partial charge in [-0.3, -0.25) is 4.79 Å². The Hall–Kier alpha value is -3.05. The Balaban J connectivity index is 1.74. The summed E-state index contributed by atoms with van der Waals surface area (Å²) >= 11 is 0. The van der Waals surface area contributed by atoms with E-state index in [0.717, 1.165) is 17.5 Å². The number of hydrogen-bond donors (Lipinski definition) is 2. The lowest BCUT2D eigenvalue weighted by molar-refractivity contribution is 0.102. The number of carbonyl (C=O) groups excluding carboxylic acids is 1. The maximum Gasteiger partial charge on any atom is 0.255 e. The summed E-state index contributed by atoms with van der Waals surface area (Å²) in [5.41, 5.74) is 3.13. The highest BCUT2D eigenvalue weighted by Gasteiger charge is 2.11. The molecule has 0 bridgehead atoms. The van der Waals surface area contributed by atoms with Gasteiger partial charge in [-0.05, 0) is 74.4 Å². The van der Waals surface area contributed by atoms with Crippen molar-refractivity contribution in [2.75, 3.05) is 5.32 Å². The fraction of sp³-hybridized carbons (Fsp3) is 0.261. The molecule has 1 aromatic heterocycles. The number of anilines is 1. The van der Waals surface area contributed by atoms with E-state index in [1.807, 2.05) is 50.2 Å². The van der Waals surface area contributed by atoms with Gasteiger partial charge in [0.05, 0.1) is 6.10 Å². The standard InChI is InChI=1S/C23H25NO4/c1-4-16(3)27-19-7-5-6-17(13-19)23(26)24-18-8-10-21(15(2)12-18)22-11-9-20(14-25)28-22/h5-13,16,25H,4,14H2,1-3H3,(H,24,26)/t16-/m0/s1. The highest BCUT2D eigenvalue weighted by molar-refractivity contribution is 6.04. The van der Waals surface area contributed by atoms with Crippen molar-refractivity contribution in [2.45, 2.75) is 39.9 Å². The number of benzene rings is 2. The van der Waals surface area contributed by atoms with Crippen LogP contribution in [0.15, 0.2) is 59.0 Å². The molecule has 1 atom stereocenters. The fourth-order valence-corrected chi connectivity index (χ4v) is 2.86. The fourth-order valence-electron chi connectivity index (χ4n) is 2.86. The summed E-state index contributed by atoms with van der Waals surface area (Å²) in [6.07, 6.45) is 0.999. The predicted molar refractivity (Wildman–Crippen MR) is 110 cm³/mol. The van der Waals surface area contributed by atoms with E-state index >= 15 is 0 Å². The largest absolute Gasteiger partial charge is 0.491 e. The molecule has 0 saturated heterocycles. The molecular weight excluding hydrogens is 354 g/mol. The molecule has 0 aliphatic heterocycles. The van der Waals surface area contributed by atoms with Gasteiger partial charge in [0.1, 0.15) is 23.9 Å². The number of aliphatic hydroxyl groups excluding tert-OH is 1. The maximum atomic E-state index is 12.6. The summed E-state index contributed by atoms with van der Waals surface area (Å²) in [7, 11) is 0. The van der Waals surface area contributed by atoms with Crippen LogP contribution >= 0.6 is 0 Å². The molecule has 0 spiro atoms. The summed E-state index contributed by atoms with van der Waals surface area (Å²) in [5, 5.41) is 12.1. The van der Waals surface area contributed by atoms with Gasteiger partial charge in [0, 0.05) is 16.8 Å². The summed E-state index contributed by atoms with van der Waals surface area (Å²) in [4.78, 5) is 12.6. The van der Waals surface area contributed by atoms with Crippen LogP contribution in [0.1, 0.15) is 41.9 Å². The molecule has 3 aromatic rings. The Morgan fingerprint density at radius 1 is 1.18 bits per heavy atom. The molecule has 0 aliphatic rings. The van der Waals surface area contributed by atoms with Crippen molar-refractivity contribution < 1.29 is 19.1 Å². The number of furan rings is 1. The van der Waals surface area contributed by atoms with Gasteiger partial charge in [-0.1, -0.05) is 13.0 Å². The quantitative estimate of drug-likeness (QED) is 0.593. The van der Waals surface area contributed by atoms with E-state index in [-0.39, 0.29) is 18.6 Å². The Labute approximate surface area is 165 Å². The van der Waals surface area contributed by atoms with Crippen molar-refractivity contribution in [1.29, 1.82) is 0 Å². The molecule has 0 radical (unpaired) electrons. The van der Waals surface area contributed by atoms with Crippen molar-refractivity contribution in [3.05, 3.63) is 71.5 Å². The molecule has 0 unspecified atom stereocenters. The number of nitrogens with one attached hydrogen (secondary N) is 1. The van der Waals surface area contributed by atoms with Gasteiger partial charge in [-0.2, -0.15) is 0 Å². The minimum absolute atomic E-state index is 0.0986. The first-order valence-electron chi connectivity index (χ1n) is 9.38. The molecule has 0 aliphatic carbocycles. The van der Waals surface area contributed by atoms with Crippen molar-refractivity contribution in [1.82, 2.24) is 0 Å². The van der Waals surface area contributed by atoms with Gasteiger partial charge < -0.3 is 19.6 Å². The van der Waals surface area contributed by atoms with Crippen LogP contribution in [0.5, 0.6) is 5.75 Å². The molecule has 146 valence electrons. The van der Waals surface area contributed by atoms with Gasteiger partial charge >= 0.3 is 0 Å². The molecule has 1 heterocycles. The summed E-state index contributed by atoms with van der Waals surface area (Å²) < 4.78 is 11.4. The maximum absolute atomic E-state index is 12.6. The molecule has 5 nitrogen and oxygen atoms in total. The number of hydrogen-bond acceptors (Lipinski definition) is 4. The SMILES string of the molecule is CC[C@H](C)Oc1cccc(C(=O)Nc2ccc(-c3ccc(CO)o3)c(C)c2)c1. The lowest BCUT2D eigenvalue weighted by Gasteiger charge is -2.13. The minimum atomic E-state index is -0.192. The topological polar surface area (TPSA) is 71.7 Å². The van der Waals surface area contributed by atoms with Crippen molar-refractivity contribution in [3.63, 3.8) is 0 Å². The van der Waals surface area contributed by atoms with E-state index in [0.29, 0.717) is 28.5 Å². The molecule has 2 aromatic carbocycles. The van der Waals surface area contributed by atoms with Gasteiger partial charge in [-0.15, -0.1) is 0 Å². The molecule has 3 rings (SSSR count). The Morgan fingerprint density at radius 3 is 2.68 bits per heavy atom. The normalized spacial score (nSPS) is 11.9. The van der Waals surface area contributed by atoms with Gasteiger partial charge in [0.2, 0.25) is 0 Å². The highest BCUT2D eigenvalue weighted by Crippen LogP contribution is 2.28. The third-order valence-electron chi connectivity index (χ3n) is 4.58. The lowest BCUT2D eigenvalue weighted by atomic mass is 10.1. The average molecular weight is 379 g/mol. The molecule has 0 fully saturated rings. The van der Waals surface area contributed by atoms with Crippen LogP contribution in [0.3, 0.4) is 0 Å². The van der Waals surface area contributed by atoms with Gasteiger partial charge in [0.25, 0.3) is 5.91 Å². The predicted octanol–water partition coefficient (Wildman–Crippen LogP) is 5.18.